The lowest BCUT2D eigenvalue weighted by Gasteiger charge is -2.04. The van der Waals surface area contributed by atoms with Crippen molar-refractivity contribution < 1.29 is 13.9 Å². The Kier molecular flexibility index (Phi) is 5.74. The summed E-state index contributed by atoms with van der Waals surface area (Å²) < 4.78 is 12.0. The SMILES string of the molecule is CCc1ccc(OCc2ccc(/C=C/C(=O)c3ccc(Cl)s3)o2)cc1. The van der Waals surface area contributed by atoms with Crippen molar-refractivity contribution in [2.24, 2.45) is 0 Å². The van der Waals surface area contributed by atoms with Crippen molar-refractivity contribution >= 4 is 34.8 Å². The van der Waals surface area contributed by atoms with Crippen molar-refractivity contribution in [3.05, 3.63) is 80.9 Å². The van der Waals surface area contributed by atoms with E-state index in [2.05, 4.69) is 6.92 Å². The average Bonchev–Trinajstić information content (AvgIpc) is 3.27. The van der Waals surface area contributed by atoms with Gasteiger partial charge in [-0.1, -0.05) is 30.7 Å². The van der Waals surface area contributed by atoms with E-state index in [0.717, 1.165) is 12.2 Å². The van der Waals surface area contributed by atoms with Crippen molar-refractivity contribution in [3.63, 3.8) is 0 Å². The summed E-state index contributed by atoms with van der Waals surface area (Å²) in [6.45, 7) is 2.46. The second kappa shape index (κ2) is 8.19. The van der Waals surface area contributed by atoms with Crippen molar-refractivity contribution in [3.8, 4) is 5.75 Å². The zero-order chi connectivity index (χ0) is 17.6. The van der Waals surface area contributed by atoms with Crippen LogP contribution < -0.4 is 4.74 Å². The van der Waals surface area contributed by atoms with E-state index >= 15 is 0 Å². The quantitative estimate of drug-likeness (QED) is 0.375. The van der Waals surface area contributed by atoms with Gasteiger partial charge in [0.2, 0.25) is 0 Å². The summed E-state index contributed by atoms with van der Waals surface area (Å²) in [6.07, 6.45) is 4.13. The molecule has 3 aromatic rings. The molecule has 2 heterocycles. The number of aryl methyl sites for hydroxylation is 1. The molecule has 0 radical (unpaired) electrons. The summed E-state index contributed by atoms with van der Waals surface area (Å²) >= 11 is 7.10. The first-order valence-electron chi connectivity index (χ1n) is 7.92. The molecule has 0 saturated carbocycles. The van der Waals surface area contributed by atoms with E-state index in [9.17, 15) is 4.79 Å². The van der Waals surface area contributed by atoms with Gasteiger partial charge in [0, 0.05) is 0 Å². The minimum Gasteiger partial charge on any atom is -0.486 e. The zero-order valence-corrected chi connectivity index (χ0v) is 15.3. The maximum Gasteiger partial charge on any atom is 0.195 e. The smallest absolute Gasteiger partial charge is 0.195 e. The number of furan rings is 1. The summed E-state index contributed by atoms with van der Waals surface area (Å²) in [5, 5.41) is 0. The molecule has 1 aromatic carbocycles. The minimum atomic E-state index is -0.0953. The highest BCUT2D eigenvalue weighted by Crippen LogP contribution is 2.22. The van der Waals surface area contributed by atoms with E-state index in [1.165, 1.54) is 23.0 Å². The summed E-state index contributed by atoms with van der Waals surface area (Å²) in [5.74, 6) is 2.01. The molecule has 0 aliphatic heterocycles. The molecule has 0 aliphatic rings. The number of hydrogen-bond acceptors (Lipinski definition) is 4. The summed E-state index contributed by atoms with van der Waals surface area (Å²) in [6, 6.07) is 15.1. The number of carbonyl (C=O) groups is 1. The van der Waals surface area contributed by atoms with Crippen LogP contribution in [0.3, 0.4) is 0 Å². The maximum atomic E-state index is 12.0. The van der Waals surface area contributed by atoms with Crippen LogP contribution >= 0.6 is 22.9 Å². The van der Waals surface area contributed by atoms with E-state index in [4.69, 9.17) is 20.8 Å². The highest BCUT2D eigenvalue weighted by atomic mass is 35.5. The highest BCUT2D eigenvalue weighted by Gasteiger charge is 2.06. The van der Waals surface area contributed by atoms with Crippen LogP contribution in [0.1, 0.15) is 33.7 Å². The van der Waals surface area contributed by atoms with Gasteiger partial charge in [-0.2, -0.15) is 0 Å². The lowest BCUT2D eigenvalue weighted by molar-refractivity contribution is 0.105. The molecule has 0 atom stereocenters. The van der Waals surface area contributed by atoms with E-state index in [-0.39, 0.29) is 5.78 Å². The van der Waals surface area contributed by atoms with Gasteiger partial charge in [-0.25, -0.2) is 0 Å². The fraction of sp³-hybridized carbons (Fsp3) is 0.150. The number of carbonyl (C=O) groups excluding carboxylic acids is 1. The number of thiophene rings is 1. The zero-order valence-electron chi connectivity index (χ0n) is 13.7. The molecule has 0 amide bonds. The van der Waals surface area contributed by atoms with Crippen molar-refractivity contribution in [1.29, 1.82) is 0 Å². The molecule has 0 bridgehead atoms. The van der Waals surface area contributed by atoms with E-state index < -0.39 is 0 Å². The normalized spacial score (nSPS) is 11.1. The second-order valence-corrected chi connectivity index (χ2v) is 7.11. The Bertz CT molecular complexity index is 874. The minimum absolute atomic E-state index is 0.0953. The first-order valence-corrected chi connectivity index (χ1v) is 9.11. The Balaban J connectivity index is 1.56. The topological polar surface area (TPSA) is 39.4 Å². The molecule has 128 valence electrons. The Morgan fingerprint density at radius 3 is 2.64 bits per heavy atom. The van der Waals surface area contributed by atoms with E-state index in [1.807, 2.05) is 36.4 Å². The molecule has 0 fully saturated rings. The number of benzene rings is 1. The molecule has 0 N–H and O–H groups in total. The van der Waals surface area contributed by atoms with Crippen LogP contribution in [-0.4, -0.2) is 5.78 Å². The first kappa shape index (κ1) is 17.5. The van der Waals surface area contributed by atoms with Crippen molar-refractivity contribution in [1.82, 2.24) is 0 Å². The van der Waals surface area contributed by atoms with Gasteiger partial charge in [0.05, 0.1) is 9.21 Å². The molecule has 5 heteroatoms. The number of ether oxygens (including phenoxy) is 1. The molecule has 0 unspecified atom stereocenters. The lowest BCUT2D eigenvalue weighted by Crippen LogP contribution is -1.93. The molecular formula is C20H17ClO3S. The van der Waals surface area contributed by atoms with Gasteiger partial charge in [-0.15, -0.1) is 11.3 Å². The van der Waals surface area contributed by atoms with Gasteiger partial charge < -0.3 is 9.15 Å². The van der Waals surface area contributed by atoms with Crippen LogP contribution in [0.25, 0.3) is 6.08 Å². The van der Waals surface area contributed by atoms with Crippen LogP contribution in [0, 0.1) is 0 Å². The summed E-state index contributed by atoms with van der Waals surface area (Å²) in [7, 11) is 0. The van der Waals surface area contributed by atoms with Crippen LogP contribution in [0.5, 0.6) is 5.75 Å². The van der Waals surface area contributed by atoms with Crippen LogP contribution in [-0.2, 0) is 13.0 Å². The molecule has 3 nitrogen and oxygen atoms in total. The third-order valence-electron chi connectivity index (χ3n) is 3.61. The van der Waals surface area contributed by atoms with Gasteiger partial charge in [0.15, 0.2) is 5.78 Å². The molecular weight excluding hydrogens is 356 g/mol. The molecule has 0 aliphatic carbocycles. The van der Waals surface area contributed by atoms with E-state index in [1.54, 1.807) is 18.2 Å². The van der Waals surface area contributed by atoms with Gasteiger partial charge in [0.25, 0.3) is 0 Å². The van der Waals surface area contributed by atoms with Gasteiger partial charge in [0.1, 0.15) is 23.9 Å². The predicted molar refractivity (Wildman–Crippen MR) is 102 cm³/mol. The van der Waals surface area contributed by atoms with Crippen LogP contribution in [0.15, 0.2) is 59.0 Å². The molecule has 0 saturated heterocycles. The van der Waals surface area contributed by atoms with Gasteiger partial charge in [-0.05, 0) is 60.5 Å². The van der Waals surface area contributed by atoms with Crippen LogP contribution in [0.2, 0.25) is 4.34 Å². The molecule has 3 rings (SSSR count). The van der Waals surface area contributed by atoms with Gasteiger partial charge in [-0.3, -0.25) is 4.79 Å². The third kappa shape index (κ3) is 4.84. The lowest BCUT2D eigenvalue weighted by atomic mass is 10.2. The molecule has 25 heavy (non-hydrogen) atoms. The van der Waals surface area contributed by atoms with Gasteiger partial charge >= 0.3 is 0 Å². The van der Waals surface area contributed by atoms with Crippen molar-refractivity contribution in [2.45, 2.75) is 20.0 Å². The number of rotatable bonds is 7. The number of hydrogen-bond donors (Lipinski definition) is 0. The Morgan fingerprint density at radius 1 is 1.16 bits per heavy atom. The highest BCUT2D eigenvalue weighted by molar-refractivity contribution is 7.18. The Morgan fingerprint density at radius 2 is 1.96 bits per heavy atom. The number of halogens is 1. The second-order valence-electron chi connectivity index (χ2n) is 5.39. The number of ketones is 1. The molecule has 0 spiro atoms. The number of allylic oxidation sites excluding steroid dienone is 1. The predicted octanol–water partition coefficient (Wildman–Crippen LogP) is 6.03. The van der Waals surface area contributed by atoms with E-state index in [0.29, 0.717) is 27.3 Å². The fourth-order valence-corrected chi connectivity index (χ4v) is 3.19. The Labute approximate surface area is 155 Å². The van der Waals surface area contributed by atoms with Crippen LogP contribution in [0.4, 0.5) is 0 Å². The Hall–Kier alpha value is -2.30. The standard InChI is InChI=1S/C20H17ClO3S/c1-2-14-3-5-15(6-4-14)23-13-17-8-7-16(24-17)9-10-18(22)19-11-12-20(21)25-19/h3-12H,2,13H2,1H3/b10-9+. The average molecular weight is 373 g/mol. The monoisotopic (exact) mass is 372 g/mol. The summed E-state index contributed by atoms with van der Waals surface area (Å²) in [4.78, 5) is 12.6. The summed E-state index contributed by atoms with van der Waals surface area (Å²) in [5.41, 5.74) is 1.27. The largest absolute Gasteiger partial charge is 0.486 e. The first-order chi connectivity index (χ1) is 12.1. The fourth-order valence-electron chi connectivity index (χ4n) is 2.22. The molecule has 2 aromatic heterocycles. The third-order valence-corrected chi connectivity index (χ3v) is 4.86. The maximum absolute atomic E-state index is 12.0. The van der Waals surface area contributed by atoms with Crippen molar-refractivity contribution in [2.75, 3.05) is 0 Å².